The molecule has 0 fully saturated rings. The van der Waals surface area contributed by atoms with Gasteiger partial charge in [0.1, 0.15) is 0 Å². The van der Waals surface area contributed by atoms with Gasteiger partial charge in [-0.3, -0.25) is 4.98 Å². The molecule has 0 amide bonds. The van der Waals surface area contributed by atoms with Crippen molar-refractivity contribution in [1.29, 1.82) is 0 Å². The molecule has 0 saturated heterocycles. The Balaban J connectivity index is 2.31. The number of alkyl halides is 3. The lowest BCUT2D eigenvalue weighted by molar-refractivity contribution is -0.137. The van der Waals surface area contributed by atoms with Crippen molar-refractivity contribution in [3.05, 3.63) is 42.0 Å². The standard InChI is InChI=1S/C11H11F3N4/c1-15-6-9-4-10(2-3-16-9)18-7-8(5-17-18)11(12,13)14/h2-5,7,15H,6H2,1H3. The summed E-state index contributed by atoms with van der Waals surface area (Å²) in [7, 11) is 1.77. The molecule has 0 saturated carbocycles. The average Bonchev–Trinajstić information content (AvgIpc) is 2.78. The number of aromatic nitrogens is 3. The van der Waals surface area contributed by atoms with E-state index in [2.05, 4.69) is 15.4 Å². The Morgan fingerprint density at radius 1 is 1.39 bits per heavy atom. The van der Waals surface area contributed by atoms with Crippen LogP contribution < -0.4 is 5.32 Å². The molecule has 0 unspecified atom stereocenters. The van der Waals surface area contributed by atoms with Crippen molar-refractivity contribution < 1.29 is 13.2 Å². The fraction of sp³-hybridized carbons (Fsp3) is 0.273. The third-order valence-electron chi connectivity index (χ3n) is 2.33. The first kappa shape index (κ1) is 12.6. The number of rotatable bonds is 3. The molecule has 7 heteroatoms. The third-order valence-corrected chi connectivity index (χ3v) is 2.33. The molecule has 96 valence electrons. The Hall–Kier alpha value is -1.89. The third kappa shape index (κ3) is 2.67. The van der Waals surface area contributed by atoms with Gasteiger partial charge in [-0.2, -0.15) is 18.3 Å². The number of halogens is 3. The van der Waals surface area contributed by atoms with Crippen LogP contribution in [-0.4, -0.2) is 21.8 Å². The summed E-state index contributed by atoms with van der Waals surface area (Å²) in [5, 5.41) is 6.62. The Labute approximate surface area is 101 Å². The molecule has 0 atom stereocenters. The fourth-order valence-electron chi connectivity index (χ4n) is 1.50. The van der Waals surface area contributed by atoms with Gasteiger partial charge in [-0.05, 0) is 19.2 Å². The molecule has 0 spiro atoms. The minimum atomic E-state index is -4.38. The summed E-state index contributed by atoms with van der Waals surface area (Å²) in [5.74, 6) is 0. The molecule has 0 aliphatic rings. The van der Waals surface area contributed by atoms with Crippen molar-refractivity contribution in [3.63, 3.8) is 0 Å². The Morgan fingerprint density at radius 2 is 2.17 bits per heavy atom. The van der Waals surface area contributed by atoms with Crippen molar-refractivity contribution in [2.24, 2.45) is 0 Å². The van der Waals surface area contributed by atoms with E-state index in [9.17, 15) is 13.2 Å². The SMILES string of the molecule is CNCc1cc(-n2cc(C(F)(F)F)cn2)ccn1. The topological polar surface area (TPSA) is 42.7 Å². The van der Waals surface area contributed by atoms with Crippen LogP contribution >= 0.6 is 0 Å². The first-order valence-electron chi connectivity index (χ1n) is 5.22. The predicted octanol–water partition coefficient (Wildman–Crippen LogP) is 2.01. The monoisotopic (exact) mass is 256 g/mol. The van der Waals surface area contributed by atoms with Crippen molar-refractivity contribution in [2.75, 3.05) is 7.05 Å². The van der Waals surface area contributed by atoms with E-state index in [0.717, 1.165) is 18.1 Å². The minimum absolute atomic E-state index is 0.543. The van der Waals surface area contributed by atoms with Crippen LogP contribution in [0.1, 0.15) is 11.3 Å². The molecule has 0 aliphatic heterocycles. The molecule has 2 aromatic heterocycles. The summed E-state index contributed by atoms with van der Waals surface area (Å²) >= 11 is 0. The number of pyridine rings is 1. The Kier molecular flexibility index (Phi) is 3.33. The van der Waals surface area contributed by atoms with Crippen LogP contribution in [0.3, 0.4) is 0 Å². The molecule has 18 heavy (non-hydrogen) atoms. The summed E-state index contributed by atoms with van der Waals surface area (Å²) in [4.78, 5) is 4.08. The van der Waals surface area contributed by atoms with Gasteiger partial charge in [-0.1, -0.05) is 0 Å². The van der Waals surface area contributed by atoms with Crippen molar-refractivity contribution in [3.8, 4) is 5.69 Å². The maximum absolute atomic E-state index is 12.4. The Bertz CT molecular complexity index is 533. The van der Waals surface area contributed by atoms with Gasteiger partial charge in [0, 0.05) is 18.9 Å². The van der Waals surface area contributed by atoms with Gasteiger partial charge in [0.2, 0.25) is 0 Å². The molecule has 0 radical (unpaired) electrons. The van der Waals surface area contributed by atoms with Gasteiger partial charge in [-0.15, -0.1) is 0 Å². The first-order chi connectivity index (χ1) is 8.50. The number of hydrogen-bond donors (Lipinski definition) is 1. The van der Waals surface area contributed by atoms with Crippen LogP contribution in [0.15, 0.2) is 30.7 Å². The molecular formula is C11H11F3N4. The van der Waals surface area contributed by atoms with Crippen molar-refractivity contribution >= 4 is 0 Å². The smallest absolute Gasteiger partial charge is 0.314 e. The van der Waals surface area contributed by atoms with Crippen LogP contribution in [0.25, 0.3) is 5.69 Å². The second kappa shape index (κ2) is 4.77. The highest BCUT2D eigenvalue weighted by Gasteiger charge is 2.32. The molecule has 0 aliphatic carbocycles. The summed E-state index contributed by atoms with van der Waals surface area (Å²) in [5.41, 5.74) is 0.513. The summed E-state index contributed by atoms with van der Waals surface area (Å²) in [6.45, 7) is 0.543. The van der Waals surface area contributed by atoms with Gasteiger partial charge >= 0.3 is 6.18 Å². The van der Waals surface area contributed by atoms with Gasteiger partial charge in [0.15, 0.2) is 0 Å². The molecular weight excluding hydrogens is 245 g/mol. The van der Waals surface area contributed by atoms with E-state index < -0.39 is 11.7 Å². The van der Waals surface area contributed by atoms with E-state index in [1.165, 1.54) is 10.9 Å². The largest absolute Gasteiger partial charge is 0.419 e. The Morgan fingerprint density at radius 3 is 2.78 bits per heavy atom. The lowest BCUT2D eigenvalue weighted by Gasteiger charge is -2.04. The minimum Gasteiger partial charge on any atom is -0.314 e. The molecule has 0 aromatic carbocycles. The second-order valence-corrected chi connectivity index (χ2v) is 3.71. The lowest BCUT2D eigenvalue weighted by Crippen LogP contribution is -2.07. The number of nitrogens with one attached hydrogen (secondary N) is 1. The quantitative estimate of drug-likeness (QED) is 0.913. The van der Waals surface area contributed by atoms with E-state index in [0.29, 0.717) is 12.2 Å². The highest BCUT2D eigenvalue weighted by atomic mass is 19.4. The van der Waals surface area contributed by atoms with E-state index >= 15 is 0 Å². The maximum Gasteiger partial charge on any atom is 0.419 e. The van der Waals surface area contributed by atoms with E-state index in [4.69, 9.17) is 0 Å². The van der Waals surface area contributed by atoms with Crippen LogP contribution in [0, 0.1) is 0 Å². The summed E-state index contributed by atoms with van der Waals surface area (Å²) < 4.78 is 38.5. The van der Waals surface area contributed by atoms with Crippen LogP contribution in [0.5, 0.6) is 0 Å². The molecule has 2 aromatic rings. The maximum atomic E-state index is 12.4. The van der Waals surface area contributed by atoms with Crippen LogP contribution in [0.4, 0.5) is 13.2 Å². The van der Waals surface area contributed by atoms with Crippen LogP contribution in [-0.2, 0) is 12.7 Å². The van der Waals surface area contributed by atoms with Gasteiger partial charge in [0.05, 0.1) is 23.1 Å². The average molecular weight is 256 g/mol. The van der Waals surface area contributed by atoms with Gasteiger partial charge < -0.3 is 5.32 Å². The van der Waals surface area contributed by atoms with E-state index in [-0.39, 0.29) is 0 Å². The molecule has 1 N–H and O–H groups in total. The van der Waals surface area contributed by atoms with E-state index in [1.807, 2.05) is 0 Å². The van der Waals surface area contributed by atoms with Crippen molar-refractivity contribution in [2.45, 2.75) is 12.7 Å². The lowest BCUT2D eigenvalue weighted by atomic mass is 10.3. The number of nitrogens with zero attached hydrogens (tertiary/aromatic N) is 3. The van der Waals surface area contributed by atoms with Gasteiger partial charge in [-0.25, -0.2) is 4.68 Å². The first-order valence-corrected chi connectivity index (χ1v) is 5.22. The van der Waals surface area contributed by atoms with E-state index in [1.54, 1.807) is 19.2 Å². The molecule has 2 rings (SSSR count). The zero-order valence-corrected chi connectivity index (χ0v) is 9.57. The highest BCUT2D eigenvalue weighted by molar-refractivity contribution is 5.32. The zero-order chi connectivity index (χ0) is 13.2. The van der Waals surface area contributed by atoms with Crippen LogP contribution in [0.2, 0.25) is 0 Å². The second-order valence-electron chi connectivity index (χ2n) is 3.71. The molecule has 0 bridgehead atoms. The zero-order valence-electron chi connectivity index (χ0n) is 9.57. The number of hydrogen-bond acceptors (Lipinski definition) is 3. The highest BCUT2D eigenvalue weighted by Crippen LogP contribution is 2.29. The molecule has 4 nitrogen and oxygen atoms in total. The molecule has 2 heterocycles. The fourth-order valence-corrected chi connectivity index (χ4v) is 1.50. The predicted molar refractivity (Wildman–Crippen MR) is 59.1 cm³/mol. The van der Waals surface area contributed by atoms with Crippen molar-refractivity contribution in [1.82, 2.24) is 20.1 Å². The van der Waals surface area contributed by atoms with Gasteiger partial charge in [0.25, 0.3) is 0 Å². The summed E-state index contributed by atoms with van der Waals surface area (Å²) in [6, 6.07) is 3.29. The summed E-state index contributed by atoms with van der Waals surface area (Å²) in [6.07, 6.45) is -1.08. The normalized spacial score (nSPS) is 11.8.